The molecule has 0 saturated heterocycles. The van der Waals surface area contributed by atoms with Gasteiger partial charge in [0.15, 0.2) is 0 Å². The molecule has 1 fully saturated rings. The fourth-order valence-corrected chi connectivity index (χ4v) is 5.06. The number of sulfonamides is 1. The minimum Gasteiger partial charge on any atom is -0.300 e. The van der Waals surface area contributed by atoms with E-state index in [1.165, 1.54) is 15.6 Å². The van der Waals surface area contributed by atoms with Crippen molar-refractivity contribution < 1.29 is 13.2 Å². The van der Waals surface area contributed by atoms with Gasteiger partial charge in [-0.05, 0) is 31.9 Å². The number of thiophene rings is 1. The summed E-state index contributed by atoms with van der Waals surface area (Å²) in [5, 5.41) is 0. The number of hydrogen-bond acceptors (Lipinski definition) is 4. The molecule has 1 aromatic heterocycles. The zero-order valence-corrected chi connectivity index (χ0v) is 12.2. The lowest BCUT2D eigenvalue weighted by Crippen LogP contribution is -2.39. The second-order valence-corrected chi connectivity index (χ2v) is 8.17. The van der Waals surface area contributed by atoms with Gasteiger partial charge >= 0.3 is 0 Å². The minimum absolute atomic E-state index is 0.0462. The lowest BCUT2D eigenvalue weighted by molar-refractivity contribution is -0.120. The summed E-state index contributed by atoms with van der Waals surface area (Å²) < 4.78 is 26.6. The minimum atomic E-state index is -3.39. The van der Waals surface area contributed by atoms with Crippen molar-refractivity contribution in [3.05, 3.63) is 17.0 Å². The van der Waals surface area contributed by atoms with Gasteiger partial charge < -0.3 is 0 Å². The zero-order valence-electron chi connectivity index (χ0n) is 10.5. The molecule has 1 aromatic rings. The lowest BCUT2D eigenvalue weighted by atomic mass is 9.95. The molecular formula is C12H17NO3S2. The van der Waals surface area contributed by atoms with E-state index in [-0.39, 0.29) is 11.8 Å². The maximum Gasteiger partial charge on any atom is 0.252 e. The standard InChI is InChI=1S/C12H17NO3S2/c1-9-3-8-12(17-9)18(15,16)13(2)10-4-6-11(14)7-5-10/h3,8,10H,4-7H2,1-2H3. The Morgan fingerprint density at radius 2 is 1.89 bits per heavy atom. The molecule has 0 unspecified atom stereocenters. The van der Waals surface area contributed by atoms with Crippen LogP contribution in [0.25, 0.3) is 0 Å². The van der Waals surface area contributed by atoms with Crippen LogP contribution < -0.4 is 0 Å². The number of carbonyl (C=O) groups is 1. The summed E-state index contributed by atoms with van der Waals surface area (Å²) in [5.41, 5.74) is 0. The van der Waals surface area contributed by atoms with Crippen molar-refractivity contribution in [2.24, 2.45) is 0 Å². The molecule has 0 atom stereocenters. The van der Waals surface area contributed by atoms with Crippen LogP contribution in [0.5, 0.6) is 0 Å². The highest BCUT2D eigenvalue weighted by Crippen LogP contribution is 2.28. The third-order valence-corrected chi connectivity index (χ3v) is 6.75. The summed E-state index contributed by atoms with van der Waals surface area (Å²) in [6, 6.07) is 3.42. The van der Waals surface area contributed by atoms with Crippen LogP contribution in [-0.2, 0) is 14.8 Å². The van der Waals surface area contributed by atoms with E-state index in [1.54, 1.807) is 13.1 Å². The van der Waals surface area contributed by atoms with Crippen LogP contribution in [0, 0.1) is 6.92 Å². The summed E-state index contributed by atoms with van der Waals surface area (Å²) in [7, 11) is -1.78. The van der Waals surface area contributed by atoms with Gasteiger partial charge in [-0.1, -0.05) is 0 Å². The Morgan fingerprint density at radius 3 is 2.39 bits per heavy atom. The predicted molar refractivity (Wildman–Crippen MR) is 71.3 cm³/mol. The number of hydrogen-bond donors (Lipinski definition) is 0. The highest BCUT2D eigenvalue weighted by molar-refractivity contribution is 7.91. The van der Waals surface area contributed by atoms with Crippen LogP contribution in [0.1, 0.15) is 30.6 Å². The van der Waals surface area contributed by atoms with Crippen molar-refractivity contribution >= 4 is 27.1 Å². The fraction of sp³-hybridized carbons (Fsp3) is 0.583. The van der Waals surface area contributed by atoms with Crippen LogP contribution in [0.2, 0.25) is 0 Å². The van der Waals surface area contributed by atoms with Crippen molar-refractivity contribution in [3.8, 4) is 0 Å². The van der Waals surface area contributed by atoms with E-state index in [9.17, 15) is 13.2 Å². The van der Waals surface area contributed by atoms with Gasteiger partial charge in [0, 0.05) is 30.8 Å². The molecule has 1 heterocycles. The van der Waals surface area contributed by atoms with E-state index in [0.29, 0.717) is 29.9 Å². The van der Waals surface area contributed by atoms with Gasteiger partial charge in [-0.25, -0.2) is 8.42 Å². The Labute approximate surface area is 112 Å². The average Bonchev–Trinajstić information content (AvgIpc) is 2.76. The summed E-state index contributed by atoms with van der Waals surface area (Å²) in [5.74, 6) is 0.240. The number of ketones is 1. The maximum atomic E-state index is 12.4. The molecule has 1 saturated carbocycles. The Hall–Kier alpha value is -0.720. The molecule has 0 radical (unpaired) electrons. The Kier molecular flexibility index (Phi) is 3.89. The Bertz CT molecular complexity index is 537. The quantitative estimate of drug-likeness (QED) is 0.856. The molecular weight excluding hydrogens is 270 g/mol. The van der Waals surface area contributed by atoms with Gasteiger partial charge in [-0.15, -0.1) is 11.3 Å². The molecule has 0 N–H and O–H groups in total. The smallest absolute Gasteiger partial charge is 0.252 e. The van der Waals surface area contributed by atoms with Crippen molar-refractivity contribution in [2.45, 2.75) is 42.9 Å². The molecule has 2 rings (SSSR count). The molecule has 6 heteroatoms. The third kappa shape index (κ3) is 2.65. The number of aryl methyl sites for hydroxylation is 1. The van der Waals surface area contributed by atoms with Crippen LogP contribution in [0.4, 0.5) is 0 Å². The van der Waals surface area contributed by atoms with Gasteiger partial charge in [0.2, 0.25) is 0 Å². The van der Waals surface area contributed by atoms with Crippen molar-refractivity contribution in [2.75, 3.05) is 7.05 Å². The van der Waals surface area contributed by atoms with E-state index >= 15 is 0 Å². The first-order valence-electron chi connectivity index (χ1n) is 5.97. The third-order valence-electron chi connectivity index (χ3n) is 3.38. The summed E-state index contributed by atoms with van der Waals surface area (Å²) in [6.07, 6.45) is 2.26. The topological polar surface area (TPSA) is 54.5 Å². The summed E-state index contributed by atoms with van der Waals surface area (Å²) in [4.78, 5) is 12.2. The highest BCUT2D eigenvalue weighted by Gasteiger charge is 2.31. The molecule has 0 bridgehead atoms. The molecule has 0 spiro atoms. The van der Waals surface area contributed by atoms with Crippen LogP contribution in [0.3, 0.4) is 0 Å². The van der Waals surface area contributed by atoms with E-state index in [2.05, 4.69) is 0 Å². The van der Waals surface area contributed by atoms with E-state index < -0.39 is 10.0 Å². The SMILES string of the molecule is Cc1ccc(S(=O)(=O)N(C)C2CCC(=O)CC2)s1. The first kappa shape index (κ1) is 13.7. The Morgan fingerprint density at radius 1 is 1.28 bits per heavy atom. The van der Waals surface area contributed by atoms with Gasteiger partial charge in [0.05, 0.1) is 0 Å². The van der Waals surface area contributed by atoms with Gasteiger partial charge in [0.1, 0.15) is 9.99 Å². The largest absolute Gasteiger partial charge is 0.300 e. The van der Waals surface area contributed by atoms with Crippen molar-refractivity contribution in [3.63, 3.8) is 0 Å². The van der Waals surface area contributed by atoms with E-state index in [1.807, 2.05) is 13.0 Å². The number of Topliss-reactive ketones (excluding diaryl/α,β-unsaturated/α-hetero) is 1. The van der Waals surface area contributed by atoms with E-state index in [4.69, 9.17) is 0 Å². The molecule has 100 valence electrons. The van der Waals surface area contributed by atoms with Gasteiger partial charge in [-0.2, -0.15) is 4.31 Å². The van der Waals surface area contributed by atoms with Crippen molar-refractivity contribution in [1.29, 1.82) is 0 Å². The molecule has 4 nitrogen and oxygen atoms in total. The van der Waals surface area contributed by atoms with Crippen LogP contribution in [0.15, 0.2) is 16.3 Å². The molecule has 0 amide bonds. The zero-order chi connectivity index (χ0) is 13.3. The molecule has 1 aliphatic carbocycles. The summed E-state index contributed by atoms with van der Waals surface area (Å²) >= 11 is 1.29. The Balaban J connectivity index is 2.17. The number of nitrogens with zero attached hydrogens (tertiary/aromatic N) is 1. The predicted octanol–water partition coefficient (Wildman–Crippen LogP) is 2.19. The van der Waals surface area contributed by atoms with E-state index in [0.717, 1.165) is 4.88 Å². The van der Waals surface area contributed by atoms with Crippen molar-refractivity contribution in [1.82, 2.24) is 4.31 Å². The molecule has 0 aliphatic heterocycles. The summed E-state index contributed by atoms with van der Waals surface area (Å²) in [6.45, 7) is 1.89. The average molecular weight is 287 g/mol. The van der Waals surface area contributed by atoms with Gasteiger partial charge in [0.25, 0.3) is 10.0 Å². The molecule has 0 aromatic carbocycles. The first-order chi connectivity index (χ1) is 8.41. The second kappa shape index (κ2) is 5.11. The maximum absolute atomic E-state index is 12.4. The lowest BCUT2D eigenvalue weighted by Gasteiger charge is -2.29. The van der Waals surface area contributed by atoms with Crippen LogP contribution in [-0.4, -0.2) is 31.6 Å². The number of rotatable bonds is 3. The second-order valence-electron chi connectivity index (χ2n) is 4.66. The van der Waals surface area contributed by atoms with Crippen LogP contribution >= 0.6 is 11.3 Å². The fourth-order valence-electron chi connectivity index (χ4n) is 2.18. The molecule has 18 heavy (non-hydrogen) atoms. The highest BCUT2D eigenvalue weighted by atomic mass is 32.2. The monoisotopic (exact) mass is 287 g/mol. The first-order valence-corrected chi connectivity index (χ1v) is 8.23. The molecule has 1 aliphatic rings. The number of carbonyl (C=O) groups excluding carboxylic acids is 1. The van der Waals surface area contributed by atoms with Gasteiger partial charge in [-0.3, -0.25) is 4.79 Å². The normalized spacial score (nSPS) is 18.5.